The molecule has 0 rings (SSSR count). The van der Waals surface area contributed by atoms with Crippen LogP contribution in [0.5, 0.6) is 0 Å². The van der Waals surface area contributed by atoms with E-state index in [4.69, 9.17) is 5.84 Å². The van der Waals surface area contributed by atoms with E-state index in [-0.39, 0.29) is 0 Å². The van der Waals surface area contributed by atoms with Gasteiger partial charge in [0.15, 0.2) is 0 Å². The minimum absolute atomic E-state index is 0.827. The molecule has 0 aliphatic heterocycles. The summed E-state index contributed by atoms with van der Waals surface area (Å²) in [6, 6.07) is 0. The summed E-state index contributed by atoms with van der Waals surface area (Å²) in [6.45, 7) is 5.12. The van der Waals surface area contributed by atoms with E-state index in [9.17, 15) is 0 Å². The zero-order valence-electron chi connectivity index (χ0n) is 8.97. The highest BCUT2D eigenvalue weighted by Crippen LogP contribution is 2.03. The first-order chi connectivity index (χ1) is 6.31. The molecule has 0 bridgehead atoms. The van der Waals surface area contributed by atoms with E-state index in [0.717, 1.165) is 12.4 Å². The number of nitrogens with one attached hydrogen (secondary N) is 1. The molecule has 0 amide bonds. The molecule has 0 saturated carbocycles. The van der Waals surface area contributed by atoms with Gasteiger partial charge in [-0.1, -0.05) is 39.0 Å². The summed E-state index contributed by atoms with van der Waals surface area (Å²) in [7, 11) is 0. The van der Waals surface area contributed by atoms with Crippen LogP contribution in [0.4, 0.5) is 0 Å². The predicted molar refractivity (Wildman–Crippen MR) is 58.7 cm³/mol. The van der Waals surface area contributed by atoms with Crippen LogP contribution < -0.4 is 11.2 Å². The Morgan fingerprint density at radius 2 is 1.77 bits per heavy atom. The van der Waals surface area contributed by atoms with E-state index in [1.807, 2.05) is 6.92 Å². The molecule has 0 aromatic rings. The van der Waals surface area contributed by atoms with Crippen LogP contribution in [-0.2, 0) is 0 Å². The molecule has 3 nitrogen and oxygen atoms in total. The Labute approximate surface area is 81.8 Å². The van der Waals surface area contributed by atoms with E-state index in [2.05, 4.69) is 17.3 Å². The van der Waals surface area contributed by atoms with Gasteiger partial charge in [-0.05, 0) is 13.3 Å². The van der Waals surface area contributed by atoms with E-state index >= 15 is 0 Å². The summed E-state index contributed by atoms with van der Waals surface area (Å²) in [5.74, 6) is 5.91. The Morgan fingerprint density at radius 3 is 2.38 bits per heavy atom. The van der Waals surface area contributed by atoms with Crippen molar-refractivity contribution in [2.45, 2.75) is 52.4 Å². The van der Waals surface area contributed by atoms with Crippen LogP contribution in [0, 0.1) is 0 Å². The second kappa shape index (κ2) is 9.36. The Balaban J connectivity index is 3.00. The van der Waals surface area contributed by atoms with Crippen LogP contribution in [-0.4, -0.2) is 12.4 Å². The lowest BCUT2D eigenvalue weighted by Crippen LogP contribution is -2.22. The maximum Gasteiger partial charge on any atom is 0.118 e. The quantitative estimate of drug-likeness (QED) is 0.210. The monoisotopic (exact) mass is 185 g/mol. The molecule has 78 valence electrons. The van der Waals surface area contributed by atoms with Crippen molar-refractivity contribution >= 4 is 5.84 Å². The summed E-state index contributed by atoms with van der Waals surface area (Å²) in [4.78, 5) is 0. The third-order valence-corrected chi connectivity index (χ3v) is 2.10. The van der Waals surface area contributed by atoms with Gasteiger partial charge in [-0.3, -0.25) is 0 Å². The van der Waals surface area contributed by atoms with Gasteiger partial charge in [0.05, 0.1) is 0 Å². The molecule has 13 heavy (non-hydrogen) atoms. The van der Waals surface area contributed by atoms with Crippen LogP contribution >= 0.6 is 0 Å². The van der Waals surface area contributed by atoms with Crippen LogP contribution in [0.15, 0.2) is 5.10 Å². The molecule has 0 spiro atoms. The number of unbranched alkanes of at least 4 members (excludes halogenated alkanes) is 5. The Hall–Kier alpha value is -0.730. The van der Waals surface area contributed by atoms with E-state index in [1.165, 1.54) is 38.5 Å². The van der Waals surface area contributed by atoms with Gasteiger partial charge in [0.1, 0.15) is 5.84 Å². The van der Waals surface area contributed by atoms with Crippen molar-refractivity contribution in [3.63, 3.8) is 0 Å². The second-order valence-electron chi connectivity index (χ2n) is 3.41. The molecule has 0 heterocycles. The lowest BCUT2D eigenvalue weighted by molar-refractivity contribution is 0.602. The van der Waals surface area contributed by atoms with Gasteiger partial charge in [-0.15, -0.1) is 0 Å². The molecular weight excluding hydrogens is 162 g/mol. The zero-order valence-corrected chi connectivity index (χ0v) is 8.97. The fraction of sp³-hybridized carbons (Fsp3) is 0.900. The van der Waals surface area contributed by atoms with Gasteiger partial charge in [-0.25, -0.2) is 0 Å². The summed E-state index contributed by atoms with van der Waals surface area (Å²) >= 11 is 0. The normalized spacial score (nSPS) is 11.7. The van der Waals surface area contributed by atoms with Gasteiger partial charge in [0.25, 0.3) is 0 Å². The van der Waals surface area contributed by atoms with Crippen molar-refractivity contribution in [3.05, 3.63) is 0 Å². The Kier molecular flexibility index (Phi) is 8.83. The average Bonchev–Trinajstić information content (AvgIpc) is 2.16. The van der Waals surface area contributed by atoms with Crippen molar-refractivity contribution in [2.24, 2.45) is 10.9 Å². The first-order valence-corrected chi connectivity index (χ1v) is 5.29. The predicted octanol–water partition coefficient (Wildman–Crippen LogP) is 2.23. The topological polar surface area (TPSA) is 50.4 Å². The van der Waals surface area contributed by atoms with Crippen molar-refractivity contribution in [1.29, 1.82) is 0 Å². The first-order valence-electron chi connectivity index (χ1n) is 5.29. The highest BCUT2D eigenvalue weighted by molar-refractivity contribution is 5.78. The summed E-state index contributed by atoms with van der Waals surface area (Å²) in [5, 5.41) is 6.69. The minimum Gasteiger partial charge on any atom is -0.372 e. The summed E-state index contributed by atoms with van der Waals surface area (Å²) < 4.78 is 0. The molecule has 0 radical (unpaired) electrons. The van der Waals surface area contributed by atoms with Crippen LogP contribution in [0.2, 0.25) is 0 Å². The van der Waals surface area contributed by atoms with Gasteiger partial charge in [0, 0.05) is 6.54 Å². The molecule has 0 unspecified atom stereocenters. The largest absolute Gasteiger partial charge is 0.372 e. The summed E-state index contributed by atoms with van der Waals surface area (Å²) in [6.07, 6.45) is 7.95. The van der Waals surface area contributed by atoms with Crippen LogP contribution in [0.25, 0.3) is 0 Å². The number of hydrogen-bond donors (Lipinski definition) is 2. The third kappa shape index (κ3) is 9.18. The second-order valence-corrected chi connectivity index (χ2v) is 3.41. The molecule has 0 aliphatic rings. The highest BCUT2D eigenvalue weighted by Gasteiger charge is 1.90. The number of amidine groups is 1. The van der Waals surface area contributed by atoms with Crippen molar-refractivity contribution < 1.29 is 0 Å². The van der Waals surface area contributed by atoms with E-state index < -0.39 is 0 Å². The SMILES string of the molecule is CCCCCCCCN/C(C)=N/N. The number of rotatable bonds is 7. The first kappa shape index (κ1) is 12.3. The average molecular weight is 185 g/mol. The molecule has 0 aromatic heterocycles. The molecule has 0 fully saturated rings. The highest BCUT2D eigenvalue weighted by atomic mass is 15.2. The molecule has 0 atom stereocenters. The molecule has 3 N–H and O–H groups in total. The smallest absolute Gasteiger partial charge is 0.118 e. The van der Waals surface area contributed by atoms with Crippen LogP contribution in [0.1, 0.15) is 52.4 Å². The summed E-state index contributed by atoms with van der Waals surface area (Å²) in [5.41, 5.74) is 0. The standard InChI is InChI=1S/C10H23N3/c1-3-4-5-6-7-8-9-12-10(2)13-11/h3-9,11H2,1-2H3,(H,12,13). The van der Waals surface area contributed by atoms with Crippen molar-refractivity contribution in [3.8, 4) is 0 Å². The molecular formula is C10H23N3. The zero-order chi connectivity index (χ0) is 9.94. The molecule has 0 saturated heterocycles. The minimum atomic E-state index is 0.827. The van der Waals surface area contributed by atoms with Crippen molar-refractivity contribution in [1.82, 2.24) is 5.32 Å². The van der Waals surface area contributed by atoms with Crippen molar-refractivity contribution in [2.75, 3.05) is 6.54 Å². The third-order valence-electron chi connectivity index (χ3n) is 2.10. The molecule has 0 aromatic carbocycles. The number of hydrazone groups is 1. The fourth-order valence-electron chi connectivity index (χ4n) is 1.22. The number of nitrogens with zero attached hydrogens (tertiary/aromatic N) is 1. The maximum atomic E-state index is 5.08. The van der Waals surface area contributed by atoms with E-state index in [1.54, 1.807) is 0 Å². The van der Waals surface area contributed by atoms with Crippen LogP contribution in [0.3, 0.4) is 0 Å². The fourth-order valence-corrected chi connectivity index (χ4v) is 1.22. The molecule has 0 aliphatic carbocycles. The van der Waals surface area contributed by atoms with Gasteiger partial charge in [0.2, 0.25) is 0 Å². The maximum absolute atomic E-state index is 5.08. The lowest BCUT2D eigenvalue weighted by atomic mass is 10.1. The van der Waals surface area contributed by atoms with E-state index in [0.29, 0.717) is 0 Å². The van der Waals surface area contributed by atoms with Gasteiger partial charge in [-0.2, -0.15) is 5.10 Å². The lowest BCUT2D eigenvalue weighted by Gasteiger charge is -2.03. The Bertz CT molecular complexity index is 132. The van der Waals surface area contributed by atoms with Gasteiger partial charge < -0.3 is 11.2 Å². The Morgan fingerprint density at radius 1 is 1.15 bits per heavy atom. The van der Waals surface area contributed by atoms with Gasteiger partial charge >= 0.3 is 0 Å². The number of nitrogens with two attached hydrogens (primary N) is 1. The molecule has 3 heteroatoms. The number of hydrogen-bond acceptors (Lipinski definition) is 2.